The van der Waals surface area contributed by atoms with Gasteiger partial charge in [0, 0.05) is 61.2 Å². The summed E-state index contributed by atoms with van der Waals surface area (Å²) in [6.45, 7) is 0.233. The van der Waals surface area contributed by atoms with Gasteiger partial charge in [-0.15, -0.1) is 0 Å². The van der Waals surface area contributed by atoms with Crippen molar-refractivity contribution in [3.63, 3.8) is 0 Å². The van der Waals surface area contributed by atoms with Crippen molar-refractivity contribution in [1.82, 2.24) is 15.4 Å². The number of anilines is 1. The fourth-order valence-electron chi connectivity index (χ4n) is 4.06. The maximum absolute atomic E-state index is 12.9. The average Bonchev–Trinajstić information content (AvgIpc) is 2.81. The summed E-state index contributed by atoms with van der Waals surface area (Å²) < 4.78 is 28.5. The van der Waals surface area contributed by atoms with E-state index in [1.807, 2.05) is 61.5 Å². The molecule has 0 bridgehead atoms. The zero-order chi connectivity index (χ0) is 23.4. The highest BCUT2D eigenvalue weighted by Crippen LogP contribution is 2.30. The maximum atomic E-state index is 12.9. The lowest BCUT2D eigenvalue weighted by Crippen LogP contribution is -2.40. The van der Waals surface area contributed by atoms with E-state index < -0.39 is 10.0 Å². The Labute approximate surface area is 194 Å². The van der Waals surface area contributed by atoms with Crippen LogP contribution in [0.1, 0.15) is 0 Å². The number of nitrogens with zero attached hydrogens (tertiary/aromatic N) is 1. The molecule has 0 spiro atoms. The molecule has 172 valence electrons. The van der Waals surface area contributed by atoms with E-state index in [2.05, 4.69) is 33.6 Å². The number of hydrogen-bond acceptors (Lipinski definition) is 4. The van der Waals surface area contributed by atoms with Crippen molar-refractivity contribution in [2.75, 3.05) is 32.1 Å². The summed E-state index contributed by atoms with van der Waals surface area (Å²) in [6.07, 6.45) is 14.2. The molecule has 8 heteroatoms. The topological polar surface area (TPSA) is 90.5 Å². The molecule has 3 N–H and O–H groups in total. The third-order valence-corrected chi connectivity index (χ3v) is 7.20. The molecule has 2 aliphatic rings. The number of allylic oxidation sites excluding steroid dienone is 7. The molecule has 0 saturated carbocycles. The van der Waals surface area contributed by atoms with Crippen LogP contribution in [0.2, 0.25) is 0 Å². The van der Waals surface area contributed by atoms with Crippen molar-refractivity contribution in [1.29, 1.82) is 0 Å². The molecule has 0 heterocycles. The zero-order valence-corrected chi connectivity index (χ0v) is 19.5. The Morgan fingerprint density at radius 1 is 0.939 bits per heavy atom. The van der Waals surface area contributed by atoms with Gasteiger partial charge >= 0.3 is 6.03 Å². The fourth-order valence-corrected chi connectivity index (χ4v) is 5.32. The van der Waals surface area contributed by atoms with Gasteiger partial charge in [-0.25, -0.2) is 17.9 Å². The number of carbonyl (C=O) groups excluding carboxylic acids is 1. The van der Waals surface area contributed by atoms with Gasteiger partial charge in [-0.2, -0.15) is 0 Å². The van der Waals surface area contributed by atoms with Crippen LogP contribution in [0, 0.1) is 11.8 Å². The van der Waals surface area contributed by atoms with Gasteiger partial charge in [0.05, 0.1) is 4.90 Å². The van der Waals surface area contributed by atoms with Gasteiger partial charge in [0.25, 0.3) is 0 Å². The molecule has 2 atom stereocenters. The Morgan fingerprint density at radius 3 is 2.45 bits per heavy atom. The lowest BCUT2D eigenvalue weighted by atomic mass is 9.84. The number of sulfonamides is 1. The SMILES string of the molecule is CN(C)c1cccc2c(S(=O)(=O)NCCNC(=O)NC3=CC4C=CC=CC4C=C3)cccc12. The largest absolute Gasteiger partial charge is 0.377 e. The summed E-state index contributed by atoms with van der Waals surface area (Å²) >= 11 is 0. The number of fused-ring (bicyclic) bond motifs is 2. The molecule has 2 amide bonds. The molecule has 7 nitrogen and oxygen atoms in total. The molecule has 0 aromatic heterocycles. The van der Waals surface area contributed by atoms with Gasteiger partial charge in [-0.1, -0.05) is 60.7 Å². The Balaban J connectivity index is 1.33. The fraction of sp³-hybridized carbons (Fsp3) is 0.240. The predicted octanol–water partition coefficient (Wildman–Crippen LogP) is 3.30. The Hall–Kier alpha value is -3.36. The summed E-state index contributed by atoms with van der Waals surface area (Å²) in [5.74, 6) is 0.553. The van der Waals surface area contributed by atoms with Crippen LogP contribution >= 0.6 is 0 Å². The van der Waals surface area contributed by atoms with Gasteiger partial charge in [0.2, 0.25) is 10.0 Å². The van der Waals surface area contributed by atoms with Crippen LogP contribution in [0.5, 0.6) is 0 Å². The second-order valence-electron chi connectivity index (χ2n) is 8.21. The Morgan fingerprint density at radius 2 is 1.67 bits per heavy atom. The Kier molecular flexibility index (Phi) is 6.67. The highest BCUT2D eigenvalue weighted by molar-refractivity contribution is 7.89. The van der Waals surface area contributed by atoms with Crippen LogP contribution in [-0.2, 0) is 10.0 Å². The summed E-state index contributed by atoms with van der Waals surface area (Å²) in [5.41, 5.74) is 1.67. The summed E-state index contributed by atoms with van der Waals surface area (Å²) in [6, 6.07) is 10.5. The summed E-state index contributed by atoms with van der Waals surface area (Å²) in [4.78, 5) is 14.4. The number of urea groups is 1. The number of carbonyl (C=O) groups is 1. The highest BCUT2D eigenvalue weighted by atomic mass is 32.2. The monoisotopic (exact) mass is 464 g/mol. The maximum Gasteiger partial charge on any atom is 0.319 e. The summed E-state index contributed by atoms with van der Waals surface area (Å²) in [7, 11) is 0.0992. The predicted molar refractivity (Wildman–Crippen MR) is 132 cm³/mol. The van der Waals surface area contributed by atoms with E-state index in [1.165, 1.54) is 0 Å². The minimum atomic E-state index is -3.74. The van der Waals surface area contributed by atoms with Gasteiger partial charge in [0.1, 0.15) is 0 Å². The number of rotatable bonds is 7. The van der Waals surface area contributed by atoms with Crippen molar-refractivity contribution in [3.8, 4) is 0 Å². The quantitative estimate of drug-likeness (QED) is 0.549. The minimum Gasteiger partial charge on any atom is -0.377 e. The van der Waals surface area contributed by atoms with E-state index in [1.54, 1.807) is 18.2 Å². The van der Waals surface area contributed by atoms with Crippen LogP contribution in [0.25, 0.3) is 10.8 Å². The molecule has 2 aromatic rings. The average molecular weight is 465 g/mol. The van der Waals surface area contributed by atoms with E-state index in [0.29, 0.717) is 11.3 Å². The van der Waals surface area contributed by atoms with Crippen LogP contribution in [0.3, 0.4) is 0 Å². The number of nitrogens with one attached hydrogen (secondary N) is 3. The molecule has 2 aliphatic carbocycles. The number of hydrogen-bond donors (Lipinski definition) is 3. The third-order valence-electron chi connectivity index (χ3n) is 5.68. The molecule has 2 aromatic carbocycles. The number of amides is 2. The van der Waals surface area contributed by atoms with Crippen LogP contribution < -0.4 is 20.3 Å². The lowest BCUT2D eigenvalue weighted by molar-refractivity contribution is 0.243. The van der Waals surface area contributed by atoms with Crippen molar-refractivity contribution < 1.29 is 13.2 Å². The van der Waals surface area contributed by atoms with Crippen molar-refractivity contribution in [2.45, 2.75) is 4.90 Å². The second-order valence-corrected chi connectivity index (χ2v) is 9.94. The van der Waals surface area contributed by atoms with Crippen molar-refractivity contribution >= 4 is 32.5 Å². The van der Waals surface area contributed by atoms with Gasteiger partial charge in [-0.3, -0.25) is 0 Å². The molecule has 2 unspecified atom stereocenters. The smallest absolute Gasteiger partial charge is 0.319 e. The van der Waals surface area contributed by atoms with Crippen molar-refractivity contribution in [2.24, 2.45) is 11.8 Å². The first-order chi connectivity index (χ1) is 15.8. The third kappa shape index (κ3) is 5.18. The molecule has 33 heavy (non-hydrogen) atoms. The molecule has 4 rings (SSSR count). The van der Waals surface area contributed by atoms with Gasteiger partial charge in [-0.05, 0) is 18.2 Å². The molecule has 0 fully saturated rings. The molecule has 0 radical (unpaired) electrons. The van der Waals surface area contributed by atoms with E-state index in [4.69, 9.17) is 0 Å². The van der Waals surface area contributed by atoms with E-state index >= 15 is 0 Å². The zero-order valence-electron chi connectivity index (χ0n) is 18.7. The minimum absolute atomic E-state index is 0.0760. The van der Waals surface area contributed by atoms with E-state index in [9.17, 15) is 13.2 Å². The number of benzene rings is 2. The highest BCUT2D eigenvalue weighted by Gasteiger charge is 2.20. The van der Waals surface area contributed by atoms with Gasteiger partial charge < -0.3 is 15.5 Å². The van der Waals surface area contributed by atoms with Crippen molar-refractivity contribution in [3.05, 3.63) is 84.6 Å². The van der Waals surface area contributed by atoms with Crippen LogP contribution in [0.15, 0.2) is 89.5 Å². The normalized spacial score (nSPS) is 19.2. The van der Waals surface area contributed by atoms with Crippen LogP contribution in [0.4, 0.5) is 10.5 Å². The molecular weight excluding hydrogens is 436 g/mol. The standard InChI is InChI=1S/C25H28N4O3S/c1-29(2)23-11-5-10-22-21(23)9-6-12-24(22)33(31,32)27-16-15-26-25(30)28-20-14-13-18-7-3-4-8-19(18)17-20/h3-14,17-19,27H,15-16H2,1-2H3,(H2,26,28,30). The Bertz CT molecular complexity index is 1280. The molecule has 0 aliphatic heterocycles. The summed E-state index contributed by atoms with van der Waals surface area (Å²) in [5, 5.41) is 7.02. The first-order valence-electron chi connectivity index (χ1n) is 10.8. The van der Waals surface area contributed by atoms with E-state index in [0.717, 1.165) is 16.8 Å². The first kappa shape index (κ1) is 22.8. The van der Waals surface area contributed by atoms with Gasteiger partial charge in [0.15, 0.2) is 0 Å². The molecule has 0 saturated heterocycles. The first-order valence-corrected chi connectivity index (χ1v) is 12.3. The second kappa shape index (κ2) is 9.64. The molecular formula is C25H28N4O3S. The lowest BCUT2D eigenvalue weighted by Gasteiger charge is -2.23. The van der Waals surface area contributed by atoms with E-state index in [-0.39, 0.29) is 29.9 Å². The van der Waals surface area contributed by atoms with Crippen LogP contribution in [-0.4, -0.2) is 41.6 Å².